The molecule has 19 heavy (non-hydrogen) atoms. The number of hydrogen-bond donors (Lipinski definition) is 1. The molecule has 0 atom stereocenters. The normalized spacial score (nSPS) is 24.2. The van der Waals surface area contributed by atoms with Crippen molar-refractivity contribution in [3.05, 3.63) is 29.8 Å². The summed E-state index contributed by atoms with van der Waals surface area (Å²) in [5.74, 6) is 0. The molecule has 0 bridgehead atoms. The number of hydrogen-bond acceptors (Lipinski definition) is 2. The first-order valence-corrected chi connectivity index (χ1v) is 7.39. The Labute approximate surface area is 117 Å². The summed E-state index contributed by atoms with van der Waals surface area (Å²) < 4.78 is 5.44. The number of nitrogens with one attached hydrogen (secondary N) is 1. The summed E-state index contributed by atoms with van der Waals surface area (Å²) in [6, 6.07) is 9.30. The van der Waals surface area contributed by atoms with E-state index in [1.54, 1.807) is 0 Å². The maximum Gasteiger partial charge on any atom is 0.0572 e. The quantitative estimate of drug-likeness (QED) is 0.873. The highest BCUT2D eigenvalue weighted by molar-refractivity contribution is 5.54. The Kier molecular flexibility index (Phi) is 4.51. The molecule has 0 aromatic heterocycles. The maximum atomic E-state index is 5.44. The lowest BCUT2D eigenvalue weighted by atomic mass is 9.85. The van der Waals surface area contributed by atoms with Crippen molar-refractivity contribution in [2.24, 2.45) is 0 Å². The third-order valence-corrected chi connectivity index (χ3v) is 4.10. The Hall–Kier alpha value is -1.02. The molecular weight excluding hydrogens is 234 g/mol. The van der Waals surface area contributed by atoms with Crippen molar-refractivity contribution < 1.29 is 4.74 Å². The van der Waals surface area contributed by atoms with Gasteiger partial charge in [-0.2, -0.15) is 0 Å². The second kappa shape index (κ2) is 5.96. The highest BCUT2D eigenvalue weighted by atomic mass is 16.5. The van der Waals surface area contributed by atoms with Gasteiger partial charge in [-0.25, -0.2) is 0 Å². The van der Waals surface area contributed by atoms with E-state index in [2.05, 4.69) is 50.4 Å². The Bertz CT molecular complexity index is 400. The van der Waals surface area contributed by atoms with E-state index in [1.165, 1.54) is 36.9 Å². The average Bonchev–Trinajstić information content (AvgIpc) is 2.39. The number of rotatable bonds is 3. The van der Waals surface area contributed by atoms with Crippen molar-refractivity contribution in [2.75, 3.05) is 12.4 Å². The SMILES string of the molecule is COC1CCC(Nc2ccccc2C(C)(C)C)CC1. The highest BCUT2D eigenvalue weighted by Crippen LogP contribution is 2.31. The standard InChI is InChI=1S/C17H27NO/c1-17(2,3)15-7-5-6-8-16(15)18-13-9-11-14(19-4)12-10-13/h5-8,13-14,18H,9-12H2,1-4H3. The summed E-state index contributed by atoms with van der Waals surface area (Å²) in [7, 11) is 1.83. The molecule has 0 aliphatic heterocycles. The largest absolute Gasteiger partial charge is 0.382 e. The zero-order valence-electron chi connectivity index (χ0n) is 12.7. The summed E-state index contributed by atoms with van der Waals surface area (Å²) in [6.07, 6.45) is 5.22. The van der Waals surface area contributed by atoms with E-state index < -0.39 is 0 Å². The lowest BCUT2D eigenvalue weighted by Crippen LogP contribution is -2.30. The van der Waals surface area contributed by atoms with Gasteiger partial charge in [-0.1, -0.05) is 39.0 Å². The third kappa shape index (κ3) is 3.73. The molecule has 1 saturated carbocycles. The molecule has 0 radical (unpaired) electrons. The lowest BCUT2D eigenvalue weighted by molar-refractivity contribution is 0.0682. The summed E-state index contributed by atoms with van der Waals surface area (Å²) in [4.78, 5) is 0. The van der Waals surface area contributed by atoms with Crippen LogP contribution in [0.2, 0.25) is 0 Å². The number of para-hydroxylation sites is 1. The zero-order chi connectivity index (χ0) is 13.9. The van der Waals surface area contributed by atoms with Gasteiger partial charge in [0.15, 0.2) is 0 Å². The molecule has 0 spiro atoms. The van der Waals surface area contributed by atoms with E-state index in [4.69, 9.17) is 4.74 Å². The molecule has 2 nitrogen and oxygen atoms in total. The highest BCUT2D eigenvalue weighted by Gasteiger charge is 2.23. The first kappa shape index (κ1) is 14.4. The Morgan fingerprint density at radius 2 is 1.68 bits per heavy atom. The number of anilines is 1. The van der Waals surface area contributed by atoms with Crippen LogP contribution in [0.5, 0.6) is 0 Å². The Balaban J connectivity index is 2.04. The van der Waals surface area contributed by atoms with Crippen LogP contribution in [0.25, 0.3) is 0 Å². The lowest BCUT2D eigenvalue weighted by Gasteiger charge is -2.31. The molecule has 0 unspecified atom stereocenters. The number of benzene rings is 1. The van der Waals surface area contributed by atoms with Gasteiger partial charge in [-0.3, -0.25) is 0 Å². The molecule has 0 heterocycles. The third-order valence-electron chi connectivity index (χ3n) is 4.10. The van der Waals surface area contributed by atoms with Crippen LogP contribution in [-0.2, 0) is 10.2 Å². The summed E-state index contributed by atoms with van der Waals surface area (Å²) in [5.41, 5.74) is 2.90. The van der Waals surface area contributed by atoms with Crippen LogP contribution in [0.4, 0.5) is 5.69 Å². The van der Waals surface area contributed by atoms with E-state index in [0.29, 0.717) is 12.1 Å². The Morgan fingerprint density at radius 3 is 2.26 bits per heavy atom. The molecule has 1 aliphatic carbocycles. The molecule has 1 aromatic rings. The molecule has 1 aromatic carbocycles. The topological polar surface area (TPSA) is 21.3 Å². The smallest absolute Gasteiger partial charge is 0.0572 e. The molecular formula is C17H27NO. The molecule has 106 valence electrons. The van der Waals surface area contributed by atoms with E-state index in [0.717, 1.165) is 0 Å². The van der Waals surface area contributed by atoms with Gasteiger partial charge in [-0.15, -0.1) is 0 Å². The van der Waals surface area contributed by atoms with Gasteiger partial charge >= 0.3 is 0 Å². The fourth-order valence-corrected chi connectivity index (χ4v) is 2.93. The van der Waals surface area contributed by atoms with Crippen LogP contribution >= 0.6 is 0 Å². The molecule has 0 saturated heterocycles. The molecule has 2 rings (SSSR count). The van der Waals surface area contributed by atoms with Crippen LogP contribution in [-0.4, -0.2) is 19.3 Å². The van der Waals surface area contributed by atoms with Gasteiger partial charge in [0, 0.05) is 18.8 Å². The minimum Gasteiger partial charge on any atom is -0.382 e. The van der Waals surface area contributed by atoms with E-state index >= 15 is 0 Å². The Morgan fingerprint density at radius 1 is 1.05 bits per heavy atom. The van der Waals surface area contributed by atoms with Gasteiger partial charge in [0.1, 0.15) is 0 Å². The molecule has 1 fully saturated rings. The van der Waals surface area contributed by atoms with Gasteiger partial charge in [0.2, 0.25) is 0 Å². The van der Waals surface area contributed by atoms with Gasteiger partial charge in [-0.05, 0) is 42.7 Å². The van der Waals surface area contributed by atoms with Crippen LogP contribution in [0, 0.1) is 0 Å². The fourth-order valence-electron chi connectivity index (χ4n) is 2.93. The molecule has 1 aliphatic rings. The predicted octanol–water partition coefficient (Wildman–Crippen LogP) is 4.35. The monoisotopic (exact) mass is 261 g/mol. The molecule has 0 amide bonds. The summed E-state index contributed by atoms with van der Waals surface area (Å²) >= 11 is 0. The minimum absolute atomic E-state index is 0.188. The predicted molar refractivity (Wildman–Crippen MR) is 81.8 cm³/mol. The van der Waals surface area contributed by atoms with Gasteiger partial charge in [0.25, 0.3) is 0 Å². The minimum atomic E-state index is 0.188. The van der Waals surface area contributed by atoms with E-state index in [1.807, 2.05) is 7.11 Å². The van der Waals surface area contributed by atoms with Crippen LogP contribution < -0.4 is 5.32 Å². The first-order chi connectivity index (χ1) is 9.00. The van der Waals surface area contributed by atoms with Crippen molar-refractivity contribution >= 4 is 5.69 Å². The van der Waals surface area contributed by atoms with Gasteiger partial charge in [0.05, 0.1) is 6.10 Å². The molecule has 2 heteroatoms. The zero-order valence-corrected chi connectivity index (χ0v) is 12.7. The molecule has 1 N–H and O–H groups in total. The van der Waals surface area contributed by atoms with Crippen LogP contribution in [0.1, 0.15) is 52.0 Å². The van der Waals surface area contributed by atoms with Crippen molar-refractivity contribution in [1.29, 1.82) is 0 Å². The van der Waals surface area contributed by atoms with E-state index in [-0.39, 0.29) is 5.41 Å². The fraction of sp³-hybridized carbons (Fsp3) is 0.647. The van der Waals surface area contributed by atoms with Crippen molar-refractivity contribution in [3.63, 3.8) is 0 Å². The van der Waals surface area contributed by atoms with Crippen molar-refractivity contribution in [3.8, 4) is 0 Å². The first-order valence-electron chi connectivity index (χ1n) is 7.39. The maximum absolute atomic E-state index is 5.44. The second-order valence-corrected chi connectivity index (χ2v) is 6.65. The number of methoxy groups -OCH3 is 1. The van der Waals surface area contributed by atoms with Crippen LogP contribution in [0.3, 0.4) is 0 Å². The second-order valence-electron chi connectivity index (χ2n) is 6.65. The average molecular weight is 261 g/mol. The summed E-state index contributed by atoms with van der Waals surface area (Å²) in [6.45, 7) is 6.82. The van der Waals surface area contributed by atoms with Crippen molar-refractivity contribution in [1.82, 2.24) is 0 Å². The van der Waals surface area contributed by atoms with Crippen molar-refractivity contribution in [2.45, 2.75) is 64.0 Å². The number of ether oxygens (including phenoxy) is 1. The summed E-state index contributed by atoms with van der Waals surface area (Å²) in [5, 5.41) is 3.75. The van der Waals surface area contributed by atoms with E-state index in [9.17, 15) is 0 Å². The van der Waals surface area contributed by atoms with Gasteiger partial charge < -0.3 is 10.1 Å². The van der Waals surface area contributed by atoms with Crippen LogP contribution in [0.15, 0.2) is 24.3 Å².